The van der Waals surface area contributed by atoms with Gasteiger partial charge < -0.3 is 14.6 Å². The van der Waals surface area contributed by atoms with E-state index in [1.807, 2.05) is 13.8 Å². The second kappa shape index (κ2) is 4.04. The highest BCUT2D eigenvalue weighted by atomic mass is 16.7. The number of ether oxygens (including phenoxy) is 2. The summed E-state index contributed by atoms with van der Waals surface area (Å²) in [5.74, 6) is 0. The maximum Gasteiger partial charge on any atom is 0.157 e. The van der Waals surface area contributed by atoms with Crippen LogP contribution in [0.5, 0.6) is 0 Å². The highest BCUT2D eigenvalue weighted by Gasteiger charge is 2.27. The summed E-state index contributed by atoms with van der Waals surface area (Å²) in [5.41, 5.74) is 0. The van der Waals surface area contributed by atoms with Crippen LogP contribution in [0.1, 0.15) is 26.7 Å². The molecule has 3 atom stereocenters. The van der Waals surface area contributed by atoms with Crippen LogP contribution in [0.25, 0.3) is 0 Å². The standard InChI is InChI=1S/C8H16O3/c1-3-7-6(9)5-10-8(4-2)11-7/h6-9H,3-5H2,1-2H3/t6-,7-,8+/m1/s1. The first-order chi connectivity index (χ1) is 5.27. The van der Waals surface area contributed by atoms with Gasteiger partial charge in [0.15, 0.2) is 6.29 Å². The molecule has 1 fully saturated rings. The molecule has 0 saturated carbocycles. The molecule has 0 spiro atoms. The Morgan fingerprint density at radius 3 is 2.64 bits per heavy atom. The van der Waals surface area contributed by atoms with Crippen molar-refractivity contribution in [1.29, 1.82) is 0 Å². The zero-order chi connectivity index (χ0) is 8.27. The van der Waals surface area contributed by atoms with Crippen LogP contribution >= 0.6 is 0 Å². The minimum absolute atomic E-state index is 0.0336. The maximum absolute atomic E-state index is 9.33. The van der Waals surface area contributed by atoms with Crippen molar-refractivity contribution >= 4 is 0 Å². The van der Waals surface area contributed by atoms with E-state index in [4.69, 9.17) is 9.47 Å². The van der Waals surface area contributed by atoms with Gasteiger partial charge in [-0.1, -0.05) is 13.8 Å². The van der Waals surface area contributed by atoms with Gasteiger partial charge in [0.1, 0.15) is 6.10 Å². The summed E-state index contributed by atoms with van der Waals surface area (Å²) < 4.78 is 10.6. The Labute approximate surface area is 67.3 Å². The Morgan fingerprint density at radius 1 is 1.36 bits per heavy atom. The van der Waals surface area contributed by atoms with Crippen LogP contribution in [0.3, 0.4) is 0 Å². The van der Waals surface area contributed by atoms with E-state index in [0.29, 0.717) is 6.61 Å². The van der Waals surface area contributed by atoms with Crippen molar-refractivity contribution in [3.63, 3.8) is 0 Å². The summed E-state index contributed by atoms with van der Waals surface area (Å²) in [6.45, 7) is 4.43. The van der Waals surface area contributed by atoms with Crippen LogP contribution in [-0.4, -0.2) is 30.2 Å². The molecule has 1 saturated heterocycles. The lowest BCUT2D eigenvalue weighted by atomic mass is 10.1. The number of aliphatic hydroxyl groups excluding tert-OH is 1. The van der Waals surface area contributed by atoms with Gasteiger partial charge in [-0.2, -0.15) is 0 Å². The molecule has 3 nitrogen and oxygen atoms in total. The van der Waals surface area contributed by atoms with Gasteiger partial charge in [-0.3, -0.25) is 0 Å². The lowest BCUT2D eigenvalue weighted by Gasteiger charge is -2.32. The van der Waals surface area contributed by atoms with E-state index in [1.54, 1.807) is 0 Å². The molecule has 0 aromatic heterocycles. The molecule has 0 amide bonds. The van der Waals surface area contributed by atoms with Crippen molar-refractivity contribution in [2.75, 3.05) is 6.61 Å². The van der Waals surface area contributed by atoms with Crippen molar-refractivity contribution in [1.82, 2.24) is 0 Å². The molecule has 1 N–H and O–H groups in total. The van der Waals surface area contributed by atoms with Crippen molar-refractivity contribution < 1.29 is 14.6 Å². The van der Waals surface area contributed by atoms with Gasteiger partial charge in [0.2, 0.25) is 0 Å². The molecule has 1 heterocycles. The third-order valence-electron chi connectivity index (χ3n) is 1.94. The van der Waals surface area contributed by atoms with E-state index in [2.05, 4.69) is 0 Å². The molecule has 1 aliphatic heterocycles. The first-order valence-corrected chi connectivity index (χ1v) is 4.23. The van der Waals surface area contributed by atoms with Crippen molar-refractivity contribution in [3.8, 4) is 0 Å². The average molecular weight is 160 g/mol. The highest BCUT2D eigenvalue weighted by molar-refractivity contribution is 4.71. The van der Waals surface area contributed by atoms with Crippen LogP contribution in [0.4, 0.5) is 0 Å². The third kappa shape index (κ3) is 2.15. The van der Waals surface area contributed by atoms with Gasteiger partial charge >= 0.3 is 0 Å². The lowest BCUT2D eigenvalue weighted by Crippen LogP contribution is -2.42. The monoisotopic (exact) mass is 160 g/mol. The van der Waals surface area contributed by atoms with Crippen LogP contribution < -0.4 is 0 Å². The predicted octanol–water partition coefficient (Wildman–Crippen LogP) is 0.909. The van der Waals surface area contributed by atoms with Crippen LogP contribution in [0, 0.1) is 0 Å². The van der Waals surface area contributed by atoms with Crippen LogP contribution in [-0.2, 0) is 9.47 Å². The highest BCUT2D eigenvalue weighted by Crippen LogP contribution is 2.17. The minimum Gasteiger partial charge on any atom is -0.388 e. The molecule has 0 aromatic rings. The molecule has 0 unspecified atom stereocenters. The van der Waals surface area contributed by atoms with Gasteiger partial charge in [-0.05, 0) is 12.8 Å². The normalized spacial score (nSPS) is 39.0. The predicted molar refractivity (Wildman–Crippen MR) is 41.2 cm³/mol. The topological polar surface area (TPSA) is 38.7 Å². The minimum atomic E-state index is -0.442. The Bertz CT molecular complexity index is 116. The Hall–Kier alpha value is -0.120. The summed E-state index contributed by atoms with van der Waals surface area (Å²) in [6, 6.07) is 0. The van der Waals surface area contributed by atoms with Gasteiger partial charge in [0.05, 0.1) is 12.7 Å². The molecular formula is C8H16O3. The van der Waals surface area contributed by atoms with E-state index in [0.717, 1.165) is 12.8 Å². The first-order valence-electron chi connectivity index (χ1n) is 4.23. The van der Waals surface area contributed by atoms with Crippen molar-refractivity contribution in [3.05, 3.63) is 0 Å². The summed E-state index contributed by atoms with van der Waals surface area (Å²) in [5, 5.41) is 9.33. The molecule has 0 bridgehead atoms. The van der Waals surface area contributed by atoms with Crippen LogP contribution in [0.2, 0.25) is 0 Å². The summed E-state index contributed by atoms with van der Waals surface area (Å²) in [4.78, 5) is 0. The lowest BCUT2D eigenvalue weighted by molar-refractivity contribution is -0.252. The average Bonchev–Trinajstić information content (AvgIpc) is 2.05. The smallest absolute Gasteiger partial charge is 0.157 e. The zero-order valence-electron chi connectivity index (χ0n) is 7.12. The van der Waals surface area contributed by atoms with E-state index >= 15 is 0 Å². The quantitative estimate of drug-likeness (QED) is 0.652. The maximum atomic E-state index is 9.33. The fourth-order valence-corrected chi connectivity index (χ4v) is 1.22. The summed E-state index contributed by atoms with van der Waals surface area (Å²) >= 11 is 0. The molecular weight excluding hydrogens is 144 g/mol. The largest absolute Gasteiger partial charge is 0.388 e. The number of hydrogen-bond acceptors (Lipinski definition) is 3. The van der Waals surface area contributed by atoms with Crippen molar-refractivity contribution in [2.45, 2.75) is 45.2 Å². The second-order valence-corrected chi connectivity index (χ2v) is 2.82. The first kappa shape index (κ1) is 8.97. The zero-order valence-corrected chi connectivity index (χ0v) is 7.12. The molecule has 1 rings (SSSR count). The molecule has 11 heavy (non-hydrogen) atoms. The van der Waals surface area contributed by atoms with Gasteiger partial charge in [-0.15, -0.1) is 0 Å². The summed E-state index contributed by atoms with van der Waals surface area (Å²) in [7, 11) is 0. The fourth-order valence-electron chi connectivity index (χ4n) is 1.22. The molecule has 0 radical (unpaired) electrons. The SMILES string of the molecule is CC[C@H]1OC[C@@H](O)[C@@H](CC)O1. The van der Waals surface area contributed by atoms with E-state index in [1.165, 1.54) is 0 Å². The Balaban J connectivity index is 2.37. The second-order valence-electron chi connectivity index (χ2n) is 2.82. The van der Waals surface area contributed by atoms with Crippen LogP contribution in [0.15, 0.2) is 0 Å². The number of rotatable bonds is 2. The van der Waals surface area contributed by atoms with Crippen molar-refractivity contribution in [2.24, 2.45) is 0 Å². The van der Waals surface area contributed by atoms with Gasteiger partial charge in [-0.25, -0.2) is 0 Å². The number of hydrogen-bond donors (Lipinski definition) is 1. The molecule has 0 aromatic carbocycles. The molecule has 0 aliphatic carbocycles. The molecule has 66 valence electrons. The third-order valence-corrected chi connectivity index (χ3v) is 1.94. The fraction of sp³-hybridized carbons (Fsp3) is 1.00. The Kier molecular flexibility index (Phi) is 3.30. The molecule has 3 heteroatoms. The van der Waals surface area contributed by atoms with Gasteiger partial charge in [0, 0.05) is 0 Å². The Morgan fingerprint density at radius 2 is 2.09 bits per heavy atom. The van der Waals surface area contributed by atoms with E-state index in [9.17, 15) is 5.11 Å². The van der Waals surface area contributed by atoms with Gasteiger partial charge in [0.25, 0.3) is 0 Å². The number of aliphatic hydroxyl groups is 1. The van der Waals surface area contributed by atoms with E-state index < -0.39 is 6.10 Å². The van der Waals surface area contributed by atoms with E-state index in [-0.39, 0.29) is 12.4 Å². The molecule has 1 aliphatic rings. The summed E-state index contributed by atoms with van der Waals surface area (Å²) in [6.07, 6.45) is 1.12.